The van der Waals surface area contributed by atoms with E-state index in [-0.39, 0.29) is 5.41 Å². The molecule has 0 aliphatic carbocycles. The highest BCUT2D eigenvalue weighted by atomic mass is 79.9. The van der Waals surface area contributed by atoms with E-state index < -0.39 is 11.6 Å². The summed E-state index contributed by atoms with van der Waals surface area (Å²) in [6.45, 7) is 5.50. The van der Waals surface area contributed by atoms with Crippen LogP contribution in [0.5, 0.6) is 0 Å². The SMILES string of the molecule is NC12CN3CCN(C1)CC(c1ccccc1Br)(C3)C2O. The Hall–Kier alpha value is -0.460. The number of halogens is 1. The molecule has 4 fully saturated rings. The van der Waals surface area contributed by atoms with Crippen LogP contribution < -0.4 is 5.73 Å². The van der Waals surface area contributed by atoms with Gasteiger partial charge in [0.25, 0.3) is 0 Å². The van der Waals surface area contributed by atoms with Crippen molar-refractivity contribution in [2.24, 2.45) is 5.73 Å². The summed E-state index contributed by atoms with van der Waals surface area (Å²) in [5.41, 5.74) is 6.99. The van der Waals surface area contributed by atoms with E-state index in [0.29, 0.717) is 0 Å². The predicted molar refractivity (Wildman–Crippen MR) is 81.6 cm³/mol. The third kappa shape index (κ3) is 1.67. The molecular weight excluding hydrogens is 318 g/mol. The molecule has 0 spiro atoms. The molecule has 4 saturated heterocycles. The monoisotopic (exact) mass is 337 g/mol. The topological polar surface area (TPSA) is 52.7 Å². The van der Waals surface area contributed by atoms with Crippen molar-refractivity contribution in [3.8, 4) is 0 Å². The Morgan fingerprint density at radius 2 is 1.70 bits per heavy atom. The Labute approximate surface area is 127 Å². The molecule has 0 aromatic heterocycles. The summed E-state index contributed by atoms with van der Waals surface area (Å²) in [5, 5.41) is 11.0. The highest BCUT2D eigenvalue weighted by Crippen LogP contribution is 2.45. The van der Waals surface area contributed by atoms with Gasteiger partial charge >= 0.3 is 0 Å². The zero-order chi connectivity index (χ0) is 14.0. The maximum atomic E-state index is 11.0. The maximum Gasteiger partial charge on any atom is 0.0866 e. The predicted octanol–water partition coefficient (Wildman–Crippen LogP) is 0.390. The molecule has 5 heteroatoms. The minimum absolute atomic E-state index is 0.276. The van der Waals surface area contributed by atoms with Crippen molar-refractivity contribution >= 4 is 15.9 Å². The number of benzene rings is 1. The summed E-state index contributed by atoms with van der Waals surface area (Å²) in [7, 11) is 0. The number of nitrogens with two attached hydrogens (primary N) is 1. The Bertz CT molecular complexity index is 534. The second-order valence-electron chi connectivity index (χ2n) is 6.69. The fraction of sp³-hybridized carbons (Fsp3) is 0.600. The van der Waals surface area contributed by atoms with Crippen LogP contribution in [0.2, 0.25) is 0 Å². The molecule has 20 heavy (non-hydrogen) atoms. The van der Waals surface area contributed by atoms with E-state index >= 15 is 0 Å². The molecule has 3 N–H and O–H groups in total. The quantitative estimate of drug-likeness (QED) is 0.778. The number of nitrogens with zero attached hydrogens (tertiary/aromatic N) is 2. The number of hydrogen-bond acceptors (Lipinski definition) is 4. The summed E-state index contributed by atoms with van der Waals surface area (Å²) < 4.78 is 1.08. The van der Waals surface area contributed by atoms with E-state index in [2.05, 4.69) is 43.9 Å². The van der Waals surface area contributed by atoms with E-state index in [4.69, 9.17) is 5.73 Å². The van der Waals surface area contributed by atoms with Crippen molar-refractivity contribution < 1.29 is 5.11 Å². The highest BCUT2D eigenvalue weighted by Gasteiger charge is 2.60. The third-order valence-electron chi connectivity index (χ3n) is 5.26. The Balaban J connectivity index is 1.89. The van der Waals surface area contributed by atoms with Gasteiger partial charge in [-0.3, -0.25) is 9.80 Å². The van der Waals surface area contributed by atoms with Gasteiger partial charge in [0.2, 0.25) is 0 Å². The molecule has 5 rings (SSSR count). The molecule has 0 saturated carbocycles. The lowest BCUT2D eigenvalue weighted by atomic mass is 9.63. The third-order valence-corrected chi connectivity index (χ3v) is 5.95. The van der Waals surface area contributed by atoms with Gasteiger partial charge in [-0.1, -0.05) is 34.1 Å². The fourth-order valence-corrected chi connectivity index (χ4v) is 5.20. The first-order valence-corrected chi connectivity index (χ1v) is 8.00. The normalized spacial score (nSPS) is 46.5. The summed E-state index contributed by atoms with van der Waals surface area (Å²) in [5.74, 6) is 0. The first-order valence-electron chi connectivity index (χ1n) is 7.20. The lowest BCUT2D eigenvalue weighted by Gasteiger charge is -2.58. The Kier molecular flexibility index (Phi) is 2.82. The summed E-state index contributed by atoms with van der Waals surface area (Å²) in [4.78, 5) is 4.86. The van der Waals surface area contributed by atoms with Gasteiger partial charge in [-0.25, -0.2) is 0 Å². The van der Waals surface area contributed by atoms with Gasteiger partial charge in [0.15, 0.2) is 0 Å². The van der Waals surface area contributed by atoms with Gasteiger partial charge in [-0.15, -0.1) is 0 Å². The van der Waals surface area contributed by atoms with E-state index in [9.17, 15) is 5.11 Å². The van der Waals surface area contributed by atoms with Crippen LogP contribution in [0.3, 0.4) is 0 Å². The standard InChI is InChI=1S/C15H20BrN3O/c16-12-4-2-1-3-11(12)14-7-18-5-6-19(8-14)10-15(17,9-18)13(14)20/h1-4,13,20H,5-10,17H2. The molecule has 4 heterocycles. The van der Waals surface area contributed by atoms with Gasteiger partial charge in [0, 0.05) is 49.2 Å². The van der Waals surface area contributed by atoms with Crippen molar-refractivity contribution in [1.29, 1.82) is 0 Å². The molecule has 108 valence electrons. The van der Waals surface area contributed by atoms with Crippen LogP contribution in [0.4, 0.5) is 0 Å². The van der Waals surface area contributed by atoms with Crippen LogP contribution in [-0.2, 0) is 5.41 Å². The Morgan fingerprint density at radius 1 is 1.10 bits per heavy atom. The summed E-state index contributed by atoms with van der Waals surface area (Å²) in [6.07, 6.45) is -0.487. The number of rotatable bonds is 1. The largest absolute Gasteiger partial charge is 0.390 e. The first kappa shape index (κ1) is 13.2. The van der Waals surface area contributed by atoms with Gasteiger partial charge < -0.3 is 10.8 Å². The van der Waals surface area contributed by atoms with Gasteiger partial charge in [-0.2, -0.15) is 0 Å². The smallest absolute Gasteiger partial charge is 0.0866 e. The molecule has 1 aromatic carbocycles. The first-order chi connectivity index (χ1) is 9.53. The fourth-order valence-electron chi connectivity index (χ4n) is 4.52. The second kappa shape index (κ2) is 4.27. The van der Waals surface area contributed by atoms with Crippen molar-refractivity contribution in [1.82, 2.24) is 9.80 Å². The number of aliphatic hydroxyl groups excluding tert-OH is 1. The number of piperidine rings is 2. The second-order valence-corrected chi connectivity index (χ2v) is 7.55. The van der Waals surface area contributed by atoms with Crippen LogP contribution >= 0.6 is 15.9 Å². The molecule has 3 unspecified atom stereocenters. The van der Waals surface area contributed by atoms with E-state index in [1.54, 1.807) is 0 Å². The van der Waals surface area contributed by atoms with Gasteiger partial charge in [-0.05, 0) is 11.6 Å². The van der Waals surface area contributed by atoms with Gasteiger partial charge in [0.1, 0.15) is 0 Å². The zero-order valence-electron chi connectivity index (χ0n) is 11.4. The Morgan fingerprint density at radius 3 is 2.30 bits per heavy atom. The van der Waals surface area contributed by atoms with E-state index in [1.807, 2.05) is 6.07 Å². The minimum Gasteiger partial charge on any atom is -0.390 e. The minimum atomic E-state index is -0.512. The molecule has 4 aliphatic rings. The van der Waals surface area contributed by atoms with Crippen LogP contribution in [0, 0.1) is 0 Å². The molecule has 1 aromatic rings. The van der Waals surface area contributed by atoms with Crippen LogP contribution in [0.1, 0.15) is 5.56 Å². The zero-order valence-corrected chi connectivity index (χ0v) is 13.0. The molecule has 0 amide bonds. The van der Waals surface area contributed by atoms with Crippen LogP contribution in [0.25, 0.3) is 0 Å². The van der Waals surface area contributed by atoms with E-state index in [1.165, 1.54) is 5.56 Å². The molecular formula is C15H20BrN3O. The lowest BCUT2D eigenvalue weighted by Crippen LogP contribution is -2.78. The molecule has 0 radical (unpaired) electrons. The van der Waals surface area contributed by atoms with Crippen LogP contribution in [-0.4, -0.2) is 65.8 Å². The average Bonchev–Trinajstić information content (AvgIpc) is 2.63. The average molecular weight is 338 g/mol. The van der Waals surface area contributed by atoms with Crippen molar-refractivity contribution in [3.63, 3.8) is 0 Å². The van der Waals surface area contributed by atoms with Gasteiger partial charge in [0.05, 0.1) is 11.6 Å². The van der Waals surface area contributed by atoms with Crippen molar-refractivity contribution in [3.05, 3.63) is 34.3 Å². The highest BCUT2D eigenvalue weighted by molar-refractivity contribution is 9.10. The molecule has 4 aliphatic heterocycles. The van der Waals surface area contributed by atoms with Crippen LogP contribution in [0.15, 0.2) is 28.7 Å². The lowest BCUT2D eigenvalue weighted by molar-refractivity contribution is -0.0892. The van der Waals surface area contributed by atoms with Crippen molar-refractivity contribution in [2.75, 3.05) is 39.3 Å². The maximum absolute atomic E-state index is 11.0. The molecule has 4 bridgehead atoms. The number of hydrogen-bond donors (Lipinski definition) is 2. The molecule has 4 nitrogen and oxygen atoms in total. The summed E-state index contributed by atoms with van der Waals surface area (Å²) in [6, 6.07) is 8.26. The molecule has 3 atom stereocenters. The number of aliphatic hydroxyl groups is 1. The van der Waals surface area contributed by atoms with Crippen molar-refractivity contribution in [2.45, 2.75) is 17.1 Å². The number of fused-ring (bicyclic) bond motifs is 1. The van der Waals surface area contributed by atoms with E-state index in [0.717, 1.165) is 43.7 Å². The summed E-state index contributed by atoms with van der Waals surface area (Å²) >= 11 is 3.67.